The molecule has 1 aromatic heterocycles. The van der Waals surface area contributed by atoms with Gasteiger partial charge in [-0.15, -0.1) is 11.3 Å². The number of benzene rings is 1. The molecule has 2 heterocycles. The van der Waals surface area contributed by atoms with Crippen molar-refractivity contribution in [3.8, 4) is 0 Å². The molecule has 1 fully saturated rings. The Morgan fingerprint density at radius 3 is 2.75 bits per heavy atom. The molecule has 0 atom stereocenters. The molecule has 0 bridgehead atoms. The molecule has 7 nitrogen and oxygen atoms in total. The van der Waals surface area contributed by atoms with Crippen LogP contribution in [0.3, 0.4) is 0 Å². The number of hydrogen-bond donors (Lipinski definition) is 1. The zero-order valence-corrected chi connectivity index (χ0v) is 18.9. The van der Waals surface area contributed by atoms with Crippen molar-refractivity contribution in [2.45, 2.75) is 23.9 Å². The van der Waals surface area contributed by atoms with Crippen LogP contribution in [0.15, 0.2) is 27.9 Å². The fourth-order valence-electron chi connectivity index (χ4n) is 3.00. The Labute approximate surface area is 191 Å². The van der Waals surface area contributed by atoms with Gasteiger partial charge in [-0.05, 0) is 25.1 Å². The van der Waals surface area contributed by atoms with Crippen LogP contribution in [0.1, 0.15) is 18.2 Å². The van der Waals surface area contributed by atoms with E-state index in [0.29, 0.717) is 42.0 Å². The van der Waals surface area contributed by atoms with Crippen LogP contribution >= 0.6 is 23.1 Å². The Kier molecular flexibility index (Phi) is 8.38. The first-order valence-electron chi connectivity index (χ1n) is 9.83. The van der Waals surface area contributed by atoms with E-state index in [4.69, 9.17) is 9.47 Å². The number of nitrogens with zero attached hydrogens (tertiary/aromatic N) is 2. The lowest BCUT2D eigenvalue weighted by Crippen LogP contribution is -2.37. The molecule has 1 saturated heterocycles. The number of alkyl halides is 3. The van der Waals surface area contributed by atoms with Gasteiger partial charge in [-0.2, -0.15) is 13.2 Å². The highest BCUT2D eigenvalue weighted by Crippen LogP contribution is 2.36. The summed E-state index contributed by atoms with van der Waals surface area (Å²) in [5, 5.41) is 4.32. The number of amides is 1. The standard InChI is InChI=1S/C20H22F3N3O4S2/c1-2-30-18(28)10-14-11-31-19(24-14)32-12-17(27)25-15-9-13(20(21,22)23)3-4-16(15)26-5-7-29-8-6-26/h3-4,9,11H,2,5-8,10,12H2,1H3,(H,25,27). The molecular weight excluding hydrogens is 467 g/mol. The van der Waals surface area contributed by atoms with Crippen molar-refractivity contribution in [3.63, 3.8) is 0 Å². The summed E-state index contributed by atoms with van der Waals surface area (Å²) in [6.07, 6.45) is -4.47. The Morgan fingerprint density at radius 1 is 1.31 bits per heavy atom. The average molecular weight is 490 g/mol. The van der Waals surface area contributed by atoms with Gasteiger partial charge in [0.25, 0.3) is 0 Å². The van der Waals surface area contributed by atoms with E-state index in [2.05, 4.69) is 10.3 Å². The first-order valence-corrected chi connectivity index (χ1v) is 11.7. The maximum atomic E-state index is 13.2. The SMILES string of the molecule is CCOC(=O)Cc1csc(SCC(=O)Nc2cc(C(F)(F)F)ccc2N2CCOCC2)n1. The number of thioether (sulfide) groups is 1. The fourth-order valence-corrected chi connectivity index (χ4v) is 4.65. The van der Waals surface area contributed by atoms with E-state index in [1.165, 1.54) is 17.4 Å². The quantitative estimate of drug-likeness (QED) is 0.446. The summed E-state index contributed by atoms with van der Waals surface area (Å²) in [7, 11) is 0. The molecule has 174 valence electrons. The molecule has 0 aliphatic carbocycles. The number of anilines is 2. The number of halogens is 3. The second kappa shape index (κ2) is 11.0. The number of carbonyl (C=O) groups is 2. The van der Waals surface area contributed by atoms with Crippen molar-refractivity contribution in [1.29, 1.82) is 0 Å². The number of esters is 1. The summed E-state index contributed by atoms with van der Waals surface area (Å²) in [5.41, 5.74) is 0.338. The summed E-state index contributed by atoms with van der Waals surface area (Å²) >= 11 is 2.43. The third-order valence-corrected chi connectivity index (χ3v) is 6.51. The predicted octanol–water partition coefficient (Wildman–Crippen LogP) is 3.83. The summed E-state index contributed by atoms with van der Waals surface area (Å²) in [4.78, 5) is 30.2. The van der Waals surface area contributed by atoms with Gasteiger partial charge in [-0.3, -0.25) is 9.59 Å². The van der Waals surface area contributed by atoms with Gasteiger partial charge in [0, 0.05) is 18.5 Å². The summed E-state index contributed by atoms with van der Waals surface area (Å²) in [5.74, 6) is -0.871. The number of ether oxygens (including phenoxy) is 2. The minimum atomic E-state index is -4.52. The van der Waals surface area contributed by atoms with Crippen LogP contribution in [0.5, 0.6) is 0 Å². The minimum Gasteiger partial charge on any atom is -0.466 e. The van der Waals surface area contributed by atoms with Crippen molar-refractivity contribution in [2.75, 3.05) is 48.9 Å². The van der Waals surface area contributed by atoms with Gasteiger partial charge in [-0.25, -0.2) is 4.98 Å². The first kappa shape index (κ1) is 24.3. The van der Waals surface area contributed by atoms with Crippen molar-refractivity contribution < 1.29 is 32.2 Å². The van der Waals surface area contributed by atoms with Crippen LogP contribution in [0.2, 0.25) is 0 Å². The van der Waals surface area contributed by atoms with Crippen LogP contribution in [0.25, 0.3) is 0 Å². The van der Waals surface area contributed by atoms with Gasteiger partial charge >= 0.3 is 12.1 Å². The average Bonchev–Trinajstić information content (AvgIpc) is 3.19. The second-order valence-corrected chi connectivity index (χ2v) is 8.83. The van der Waals surface area contributed by atoms with Gasteiger partial charge < -0.3 is 19.7 Å². The normalized spacial score (nSPS) is 14.3. The van der Waals surface area contributed by atoms with Gasteiger partial charge in [-0.1, -0.05) is 11.8 Å². The molecule has 0 radical (unpaired) electrons. The molecule has 32 heavy (non-hydrogen) atoms. The highest BCUT2D eigenvalue weighted by molar-refractivity contribution is 8.01. The van der Waals surface area contributed by atoms with Gasteiger partial charge in [0.15, 0.2) is 4.34 Å². The van der Waals surface area contributed by atoms with Crippen LogP contribution in [0.4, 0.5) is 24.5 Å². The highest BCUT2D eigenvalue weighted by atomic mass is 32.2. The number of morpholine rings is 1. The van der Waals surface area contributed by atoms with E-state index in [0.717, 1.165) is 23.9 Å². The molecule has 3 rings (SSSR count). The predicted molar refractivity (Wildman–Crippen MR) is 116 cm³/mol. The van der Waals surface area contributed by atoms with E-state index in [9.17, 15) is 22.8 Å². The Morgan fingerprint density at radius 2 is 2.06 bits per heavy atom. The van der Waals surface area contributed by atoms with Crippen LogP contribution in [0, 0.1) is 0 Å². The monoisotopic (exact) mass is 489 g/mol. The van der Waals surface area contributed by atoms with E-state index in [1.54, 1.807) is 12.3 Å². The van der Waals surface area contributed by atoms with Gasteiger partial charge in [0.2, 0.25) is 5.91 Å². The molecule has 12 heteroatoms. The Hall–Kier alpha value is -2.31. The Balaban J connectivity index is 1.65. The molecule has 1 amide bonds. The second-order valence-electron chi connectivity index (χ2n) is 6.75. The molecular formula is C20H22F3N3O4S2. The number of thiazole rings is 1. The van der Waals surface area contributed by atoms with Crippen LogP contribution < -0.4 is 10.2 Å². The van der Waals surface area contributed by atoms with Gasteiger partial charge in [0.05, 0.1) is 54.6 Å². The third kappa shape index (κ3) is 6.84. The lowest BCUT2D eigenvalue weighted by Gasteiger charge is -2.31. The van der Waals surface area contributed by atoms with E-state index < -0.39 is 17.6 Å². The molecule has 0 saturated carbocycles. The lowest BCUT2D eigenvalue weighted by molar-refractivity contribution is -0.142. The van der Waals surface area contributed by atoms with E-state index >= 15 is 0 Å². The van der Waals surface area contributed by atoms with Gasteiger partial charge in [0.1, 0.15) is 0 Å². The summed E-state index contributed by atoms with van der Waals surface area (Å²) < 4.78 is 50.4. The highest BCUT2D eigenvalue weighted by Gasteiger charge is 2.32. The first-order chi connectivity index (χ1) is 15.3. The third-order valence-electron chi connectivity index (χ3n) is 4.44. The molecule has 2 aromatic rings. The number of hydrogen-bond acceptors (Lipinski definition) is 8. The zero-order valence-electron chi connectivity index (χ0n) is 17.2. The lowest BCUT2D eigenvalue weighted by atomic mass is 10.1. The molecule has 0 spiro atoms. The number of rotatable bonds is 8. The molecule has 1 N–H and O–H groups in total. The summed E-state index contributed by atoms with van der Waals surface area (Å²) in [6, 6.07) is 3.34. The van der Waals surface area contributed by atoms with Crippen LogP contribution in [-0.4, -0.2) is 55.5 Å². The molecule has 1 aliphatic heterocycles. The largest absolute Gasteiger partial charge is 0.466 e. The van der Waals surface area contributed by atoms with Crippen molar-refractivity contribution in [1.82, 2.24) is 4.98 Å². The molecule has 0 unspecified atom stereocenters. The number of nitrogens with one attached hydrogen (secondary N) is 1. The van der Waals surface area contributed by atoms with Crippen molar-refractivity contribution in [3.05, 3.63) is 34.8 Å². The molecule has 1 aliphatic rings. The topological polar surface area (TPSA) is 80.8 Å². The Bertz CT molecular complexity index is 946. The maximum Gasteiger partial charge on any atom is 0.416 e. The summed E-state index contributed by atoms with van der Waals surface area (Å²) in [6.45, 7) is 3.96. The zero-order chi connectivity index (χ0) is 23.1. The maximum absolute atomic E-state index is 13.2. The smallest absolute Gasteiger partial charge is 0.416 e. The minimum absolute atomic E-state index is 0.0366. The molecule has 1 aromatic carbocycles. The van der Waals surface area contributed by atoms with Crippen molar-refractivity contribution in [2.24, 2.45) is 0 Å². The van der Waals surface area contributed by atoms with E-state index in [1.807, 2.05) is 4.90 Å². The van der Waals surface area contributed by atoms with E-state index in [-0.39, 0.29) is 30.4 Å². The fraction of sp³-hybridized carbons (Fsp3) is 0.450. The van der Waals surface area contributed by atoms with Crippen LogP contribution in [-0.2, 0) is 31.7 Å². The number of carbonyl (C=O) groups excluding carboxylic acids is 2. The number of aromatic nitrogens is 1. The van der Waals surface area contributed by atoms with Crippen molar-refractivity contribution >= 4 is 46.3 Å².